The summed E-state index contributed by atoms with van der Waals surface area (Å²) in [5.41, 5.74) is 1.42. The molecule has 1 aromatic carbocycles. The number of benzene rings is 1. The Kier molecular flexibility index (Phi) is 4.91. The van der Waals surface area contributed by atoms with Crippen LogP contribution in [0.15, 0.2) is 42.7 Å². The Bertz CT molecular complexity index is 771. The highest BCUT2D eigenvalue weighted by Gasteiger charge is 2.42. The first-order valence-corrected chi connectivity index (χ1v) is 10.5. The van der Waals surface area contributed by atoms with E-state index in [4.69, 9.17) is 4.74 Å². The van der Waals surface area contributed by atoms with Gasteiger partial charge in [0.25, 0.3) is 0 Å². The molecule has 5 rings (SSSR count). The van der Waals surface area contributed by atoms with Gasteiger partial charge in [-0.1, -0.05) is 12.1 Å². The average molecular weight is 380 g/mol. The molecular weight excluding hydrogens is 350 g/mol. The number of piperidine rings is 1. The zero-order chi connectivity index (χ0) is 18.8. The molecule has 3 fully saturated rings. The summed E-state index contributed by atoms with van der Waals surface area (Å²) < 4.78 is 6.47. The lowest BCUT2D eigenvalue weighted by atomic mass is 9.94. The average Bonchev–Trinajstić information content (AvgIpc) is 3.04. The molecule has 6 nitrogen and oxygen atoms in total. The minimum absolute atomic E-state index is 0.0651. The molecule has 148 valence electrons. The van der Waals surface area contributed by atoms with Crippen LogP contribution in [0.2, 0.25) is 0 Å². The molecule has 0 spiro atoms. The van der Waals surface area contributed by atoms with Gasteiger partial charge in [-0.15, -0.1) is 0 Å². The van der Waals surface area contributed by atoms with Crippen molar-refractivity contribution in [2.24, 2.45) is 0 Å². The first kappa shape index (κ1) is 17.9. The summed E-state index contributed by atoms with van der Waals surface area (Å²) in [6.45, 7) is 8.55. The van der Waals surface area contributed by atoms with Gasteiger partial charge in [0.15, 0.2) is 0 Å². The van der Waals surface area contributed by atoms with Gasteiger partial charge >= 0.3 is 0 Å². The second-order valence-electron chi connectivity index (χ2n) is 8.37. The van der Waals surface area contributed by atoms with Crippen molar-refractivity contribution in [3.05, 3.63) is 48.3 Å². The number of rotatable bonds is 5. The van der Waals surface area contributed by atoms with Crippen molar-refractivity contribution in [1.82, 2.24) is 19.8 Å². The third-order valence-corrected chi connectivity index (χ3v) is 6.37. The Hall–Kier alpha value is -2.18. The fourth-order valence-corrected chi connectivity index (χ4v) is 4.81. The molecule has 0 amide bonds. The summed E-state index contributed by atoms with van der Waals surface area (Å²) in [4.78, 5) is 16.0. The highest BCUT2D eigenvalue weighted by molar-refractivity contribution is 5.30. The molecule has 6 heteroatoms. The number of fused-ring (bicyclic) bond motifs is 2. The van der Waals surface area contributed by atoms with E-state index in [-0.39, 0.29) is 5.60 Å². The molecular formula is C22H29N5O. The van der Waals surface area contributed by atoms with Gasteiger partial charge in [-0.3, -0.25) is 9.80 Å². The second kappa shape index (κ2) is 7.68. The molecule has 0 saturated carbocycles. The summed E-state index contributed by atoms with van der Waals surface area (Å²) in [5.74, 6) is 1.87. The van der Waals surface area contributed by atoms with E-state index in [9.17, 15) is 0 Å². The van der Waals surface area contributed by atoms with Gasteiger partial charge < -0.3 is 9.64 Å². The van der Waals surface area contributed by atoms with Gasteiger partial charge in [0.2, 0.25) is 5.95 Å². The third kappa shape index (κ3) is 3.84. The standard InChI is InChI=1S/C22H29N5O/c1-7-22(8-12-26(11-1)18-22)28-20-5-3-19(4-6-20)17-25-13-15-27(16-14-25)21-23-9-2-10-24-21/h2-6,9-10H,1,7-8,11-18H2. The summed E-state index contributed by atoms with van der Waals surface area (Å²) in [7, 11) is 0. The first-order chi connectivity index (χ1) is 13.8. The molecule has 2 bridgehead atoms. The number of aromatic nitrogens is 2. The van der Waals surface area contributed by atoms with Crippen molar-refractivity contribution in [2.45, 2.75) is 31.4 Å². The monoisotopic (exact) mass is 379 g/mol. The first-order valence-electron chi connectivity index (χ1n) is 10.5. The molecule has 2 aromatic rings. The van der Waals surface area contributed by atoms with E-state index in [1.807, 2.05) is 18.5 Å². The normalized spacial score (nSPS) is 27.7. The van der Waals surface area contributed by atoms with Crippen molar-refractivity contribution in [2.75, 3.05) is 50.7 Å². The molecule has 0 radical (unpaired) electrons. The maximum atomic E-state index is 6.47. The van der Waals surface area contributed by atoms with Crippen LogP contribution in [-0.2, 0) is 6.54 Å². The maximum absolute atomic E-state index is 6.47. The summed E-state index contributed by atoms with van der Waals surface area (Å²) in [5, 5.41) is 0. The zero-order valence-corrected chi connectivity index (χ0v) is 16.5. The van der Waals surface area contributed by atoms with E-state index in [2.05, 4.69) is 48.9 Å². The lowest BCUT2D eigenvalue weighted by Gasteiger charge is -2.35. The van der Waals surface area contributed by atoms with Gasteiger partial charge in [0, 0.05) is 64.6 Å². The smallest absolute Gasteiger partial charge is 0.225 e. The van der Waals surface area contributed by atoms with Crippen LogP contribution < -0.4 is 9.64 Å². The fourth-order valence-electron chi connectivity index (χ4n) is 4.81. The Labute approximate surface area is 167 Å². The number of nitrogens with zero attached hydrogens (tertiary/aromatic N) is 5. The van der Waals surface area contributed by atoms with E-state index >= 15 is 0 Å². The predicted molar refractivity (Wildman–Crippen MR) is 110 cm³/mol. The van der Waals surface area contributed by atoms with E-state index < -0.39 is 0 Å². The summed E-state index contributed by atoms with van der Waals surface area (Å²) in [6.07, 6.45) is 7.26. The number of hydrogen-bond acceptors (Lipinski definition) is 6. The van der Waals surface area contributed by atoms with Crippen molar-refractivity contribution in [1.29, 1.82) is 0 Å². The highest BCUT2D eigenvalue weighted by Crippen LogP contribution is 2.35. The van der Waals surface area contributed by atoms with Gasteiger partial charge in [-0.2, -0.15) is 0 Å². The fraction of sp³-hybridized carbons (Fsp3) is 0.545. The summed E-state index contributed by atoms with van der Waals surface area (Å²) in [6, 6.07) is 10.6. The van der Waals surface area contributed by atoms with Crippen LogP contribution in [0.3, 0.4) is 0 Å². The Balaban J connectivity index is 1.14. The molecule has 3 aliphatic rings. The van der Waals surface area contributed by atoms with Crippen LogP contribution in [0, 0.1) is 0 Å². The number of hydrogen-bond donors (Lipinski definition) is 0. The minimum atomic E-state index is 0.0651. The second-order valence-corrected chi connectivity index (χ2v) is 8.37. The number of anilines is 1. The lowest BCUT2D eigenvalue weighted by Crippen LogP contribution is -2.46. The van der Waals surface area contributed by atoms with E-state index in [0.29, 0.717) is 0 Å². The molecule has 3 aliphatic heterocycles. The van der Waals surface area contributed by atoms with Crippen molar-refractivity contribution in [3.63, 3.8) is 0 Å². The quantitative estimate of drug-likeness (QED) is 0.795. The van der Waals surface area contributed by atoms with E-state index in [0.717, 1.165) is 51.0 Å². The van der Waals surface area contributed by atoms with E-state index in [1.165, 1.54) is 37.9 Å². The Morgan fingerprint density at radius 1 is 0.893 bits per heavy atom. The minimum Gasteiger partial charge on any atom is -0.486 e. The van der Waals surface area contributed by atoms with Crippen LogP contribution in [0.1, 0.15) is 24.8 Å². The number of piperazine rings is 1. The van der Waals surface area contributed by atoms with Crippen LogP contribution in [0.4, 0.5) is 5.95 Å². The molecule has 2 unspecified atom stereocenters. The highest BCUT2D eigenvalue weighted by atomic mass is 16.5. The van der Waals surface area contributed by atoms with Crippen molar-refractivity contribution in [3.8, 4) is 5.75 Å². The van der Waals surface area contributed by atoms with E-state index in [1.54, 1.807) is 0 Å². The Morgan fingerprint density at radius 2 is 1.68 bits per heavy atom. The molecule has 0 aliphatic carbocycles. The van der Waals surface area contributed by atoms with Crippen LogP contribution >= 0.6 is 0 Å². The molecule has 3 saturated heterocycles. The van der Waals surface area contributed by atoms with Gasteiger partial charge in [-0.25, -0.2) is 9.97 Å². The molecule has 1 aromatic heterocycles. The van der Waals surface area contributed by atoms with Gasteiger partial charge in [0.05, 0.1) is 0 Å². The predicted octanol–water partition coefficient (Wildman–Crippen LogP) is 2.42. The SMILES string of the molecule is c1cnc(N2CCN(Cc3ccc(OC45CCCN(CC4)C5)cc3)CC2)nc1. The van der Waals surface area contributed by atoms with Crippen molar-refractivity contribution >= 4 is 5.95 Å². The largest absolute Gasteiger partial charge is 0.486 e. The molecule has 4 heterocycles. The van der Waals surface area contributed by atoms with Crippen LogP contribution in [0.5, 0.6) is 5.75 Å². The van der Waals surface area contributed by atoms with Crippen molar-refractivity contribution < 1.29 is 4.74 Å². The maximum Gasteiger partial charge on any atom is 0.225 e. The third-order valence-electron chi connectivity index (χ3n) is 6.37. The zero-order valence-electron chi connectivity index (χ0n) is 16.5. The van der Waals surface area contributed by atoms with Gasteiger partial charge in [-0.05, 0) is 43.1 Å². The van der Waals surface area contributed by atoms with Crippen LogP contribution in [0.25, 0.3) is 0 Å². The van der Waals surface area contributed by atoms with Crippen LogP contribution in [-0.4, -0.2) is 71.2 Å². The number of ether oxygens (including phenoxy) is 1. The van der Waals surface area contributed by atoms with Gasteiger partial charge in [0.1, 0.15) is 11.4 Å². The topological polar surface area (TPSA) is 44.7 Å². The molecule has 0 N–H and O–H groups in total. The molecule has 2 atom stereocenters. The molecule has 28 heavy (non-hydrogen) atoms. The lowest BCUT2D eigenvalue weighted by molar-refractivity contribution is 0.0452. The Morgan fingerprint density at radius 3 is 2.46 bits per heavy atom. The summed E-state index contributed by atoms with van der Waals surface area (Å²) >= 11 is 0.